The molecular formula is C23H29N5O3. The fourth-order valence-corrected chi connectivity index (χ4v) is 6.27. The van der Waals surface area contributed by atoms with Crippen molar-refractivity contribution < 1.29 is 14.3 Å². The first kappa shape index (κ1) is 20.2. The molecule has 0 saturated heterocycles. The number of aromatic nitrogens is 4. The van der Waals surface area contributed by atoms with Gasteiger partial charge < -0.3 is 10.1 Å². The Morgan fingerprint density at radius 2 is 1.74 bits per heavy atom. The Labute approximate surface area is 181 Å². The lowest BCUT2D eigenvalue weighted by Crippen LogP contribution is -2.51. The zero-order valence-corrected chi connectivity index (χ0v) is 17.9. The molecule has 8 nitrogen and oxygen atoms in total. The number of hydrogen-bond acceptors (Lipinski definition) is 6. The molecule has 0 aliphatic heterocycles. The molecule has 4 bridgehead atoms. The first-order valence-corrected chi connectivity index (χ1v) is 11.4. The zero-order chi connectivity index (χ0) is 21.4. The lowest BCUT2D eigenvalue weighted by molar-refractivity contribution is -0.140. The van der Waals surface area contributed by atoms with Crippen LogP contribution in [0.25, 0.3) is 0 Å². The number of amides is 1. The number of anilines is 1. The van der Waals surface area contributed by atoms with Gasteiger partial charge in [-0.15, -0.1) is 5.10 Å². The van der Waals surface area contributed by atoms with E-state index in [2.05, 4.69) is 20.8 Å². The van der Waals surface area contributed by atoms with Crippen molar-refractivity contribution >= 4 is 17.6 Å². The van der Waals surface area contributed by atoms with Crippen molar-refractivity contribution in [3.63, 3.8) is 0 Å². The van der Waals surface area contributed by atoms with Crippen LogP contribution in [0.1, 0.15) is 68.1 Å². The first-order chi connectivity index (χ1) is 15.0. The number of carbonyl (C=O) groups excluding carboxylic acids is 2. The Bertz CT molecular complexity index is 933. The molecule has 0 radical (unpaired) electrons. The molecule has 0 spiro atoms. The number of aryl methyl sites for hydroxylation is 1. The molecule has 2 aromatic rings. The minimum Gasteiger partial charge on any atom is -0.454 e. The highest BCUT2D eigenvalue weighted by Gasteiger charge is 2.54. The molecule has 1 heterocycles. The molecule has 164 valence electrons. The molecule has 4 aliphatic carbocycles. The number of hydrogen-bond donors (Lipinski definition) is 1. The number of ether oxygens (including phenoxy) is 1. The van der Waals surface area contributed by atoms with E-state index in [0.29, 0.717) is 17.9 Å². The second kappa shape index (κ2) is 8.05. The Balaban J connectivity index is 1.19. The number of nitrogens with one attached hydrogen (secondary N) is 1. The van der Waals surface area contributed by atoms with Crippen LogP contribution in [-0.2, 0) is 22.7 Å². The molecule has 8 heteroatoms. The molecule has 31 heavy (non-hydrogen) atoms. The lowest BCUT2D eigenvalue weighted by atomic mass is 9.49. The molecule has 1 aromatic carbocycles. The van der Waals surface area contributed by atoms with Gasteiger partial charge in [0.25, 0.3) is 0 Å². The number of carbonyl (C=O) groups is 2. The summed E-state index contributed by atoms with van der Waals surface area (Å²) in [4.78, 5) is 25.6. The third-order valence-corrected chi connectivity index (χ3v) is 7.27. The van der Waals surface area contributed by atoms with Crippen molar-refractivity contribution in [3.8, 4) is 0 Å². The Morgan fingerprint density at radius 1 is 1.10 bits per heavy atom. The molecule has 4 saturated carbocycles. The highest BCUT2D eigenvalue weighted by Crippen LogP contribution is 2.60. The quantitative estimate of drug-likeness (QED) is 0.683. The third kappa shape index (κ3) is 3.95. The van der Waals surface area contributed by atoms with Crippen LogP contribution in [0.15, 0.2) is 24.3 Å². The van der Waals surface area contributed by atoms with Gasteiger partial charge in [0.1, 0.15) is 0 Å². The van der Waals surface area contributed by atoms with Crippen LogP contribution in [0.5, 0.6) is 0 Å². The number of nitrogens with zero attached hydrogens (tertiary/aromatic N) is 4. The molecule has 6 rings (SSSR count). The van der Waals surface area contributed by atoms with E-state index in [-0.39, 0.29) is 17.9 Å². The average molecular weight is 424 g/mol. The number of tetrazole rings is 1. The predicted molar refractivity (Wildman–Crippen MR) is 113 cm³/mol. The largest absolute Gasteiger partial charge is 0.454 e. The normalized spacial score (nSPS) is 28.5. The standard InChI is InChI=1S/C23H29N5O3/c1-2-7-28-20(25-26-27-28)14-31-21(29)18-3-5-19(6-4-18)24-22(30)23-11-15-8-16(12-23)10-17(9-15)13-23/h3-6,15-17H,2,7-14H2,1H3,(H,24,30). The second-order valence-corrected chi connectivity index (χ2v) is 9.62. The van der Waals surface area contributed by atoms with Crippen molar-refractivity contribution in [2.75, 3.05) is 5.32 Å². The maximum absolute atomic E-state index is 13.2. The number of benzene rings is 1. The van der Waals surface area contributed by atoms with E-state index in [1.165, 1.54) is 19.3 Å². The summed E-state index contributed by atoms with van der Waals surface area (Å²) in [6, 6.07) is 6.92. The van der Waals surface area contributed by atoms with Gasteiger partial charge >= 0.3 is 5.97 Å². The summed E-state index contributed by atoms with van der Waals surface area (Å²) < 4.78 is 6.99. The van der Waals surface area contributed by atoms with Crippen molar-refractivity contribution in [2.45, 2.75) is 65.0 Å². The topological polar surface area (TPSA) is 99.0 Å². The molecule has 1 amide bonds. The second-order valence-electron chi connectivity index (χ2n) is 9.62. The van der Waals surface area contributed by atoms with Gasteiger partial charge in [-0.05, 0) is 97.4 Å². The summed E-state index contributed by atoms with van der Waals surface area (Å²) in [6.07, 6.45) is 7.94. The van der Waals surface area contributed by atoms with E-state index in [1.54, 1.807) is 28.9 Å². The van der Waals surface area contributed by atoms with Crippen LogP contribution in [0, 0.1) is 23.2 Å². The summed E-state index contributed by atoms with van der Waals surface area (Å²) in [5.41, 5.74) is 0.973. The maximum atomic E-state index is 13.2. The first-order valence-electron chi connectivity index (χ1n) is 11.4. The third-order valence-electron chi connectivity index (χ3n) is 7.27. The Hall–Kier alpha value is -2.77. The minimum atomic E-state index is -0.440. The fourth-order valence-electron chi connectivity index (χ4n) is 6.27. The monoisotopic (exact) mass is 423 g/mol. The maximum Gasteiger partial charge on any atom is 0.338 e. The lowest BCUT2D eigenvalue weighted by Gasteiger charge is -2.55. The van der Waals surface area contributed by atoms with Crippen LogP contribution < -0.4 is 5.32 Å². The predicted octanol–water partition coefficient (Wildman–Crippen LogP) is 3.60. The van der Waals surface area contributed by atoms with Gasteiger partial charge in [0, 0.05) is 12.2 Å². The summed E-state index contributed by atoms with van der Waals surface area (Å²) in [5, 5.41) is 14.5. The summed E-state index contributed by atoms with van der Waals surface area (Å²) in [7, 11) is 0. The minimum absolute atomic E-state index is 0.0241. The summed E-state index contributed by atoms with van der Waals surface area (Å²) in [5.74, 6) is 2.43. The molecule has 1 aromatic heterocycles. The molecule has 0 unspecified atom stereocenters. The van der Waals surface area contributed by atoms with Crippen LogP contribution in [0.4, 0.5) is 5.69 Å². The van der Waals surface area contributed by atoms with Crippen molar-refractivity contribution in [1.29, 1.82) is 0 Å². The van der Waals surface area contributed by atoms with Crippen molar-refractivity contribution in [3.05, 3.63) is 35.7 Å². The van der Waals surface area contributed by atoms with E-state index in [9.17, 15) is 9.59 Å². The Morgan fingerprint density at radius 3 is 2.35 bits per heavy atom. The molecule has 4 fully saturated rings. The average Bonchev–Trinajstić information content (AvgIpc) is 3.19. The van der Waals surface area contributed by atoms with Gasteiger partial charge in [0.2, 0.25) is 5.91 Å². The van der Waals surface area contributed by atoms with Gasteiger partial charge in [-0.25, -0.2) is 9.48 Å². The van der Waals surface area contributed by atoms with Crippen molar-refractivity contribution in [1.82, 2.24) is 20.2 Å². The van der Waals surface area contributed by atoms with E-state index in [1.807, 2.05) is 6.92 Å². The van der Waals surface area contributed by atoms with E-state index in [4.69, 9.17) is 4.74 Å². The van der Waals surface area contributed by atoms with Gasteiger partial charge in [0.05, 0.1) is 11.0 Å². The van der Waals surface area contributed by atoms with Gasteiger partial charge in [0.15, 0.2) is 12.4 Å². The number of rotatable bonds is 7. The zero-order valence-electron chi connectivity index (χ0n) is 17.9. The Kier molecular flexibility index (Phi) is 5.24. The van der Waals surface area contributed by atoms with Crippen LogP contribution in [-0.4, -0.2) is 32.1 Å². The van der Waals surface area contributed by atoms with E-state index < -0.39 is 5.97 Å². The molecule has 0 atom stereocenters. The van der Waals surface area contributed by atoms with Gasteiger partial charge in [-0.2, -0.15) is 0 Å². The highest BCUT2D eigenvalue weighted by atomic mass is 16.5. The van der Waals surface area contributed by atoms with Gasteiger partial charge in [-0.1, -0.05) is 6.92 Å². The van der Waals surface area contributed by atoms with E-state index in [0.717, 1.165) is 49.1 Å². The van der Waals surface area contributed by atoms with Crippen LogP contribution in [0.3, 0.4) is 0 Å². The molecule has 4 aliphatic rings. The van der Waals surface area contributed by atoms with Gasteiger partial charge in [-0.3, -0.25) is 4.79 Å². The number of esters is 1. The fraction of sp³-hybridized carbons (Fsp3) is 0.609. The molecule has 1 N–H and O–H groups in total. The smallest absolute Gasteiger partial charge is 0.338 e. The van der Waals surface area contributed by atoms with Crippen LogP contribution in [0.2, 0.25) is 0 Å². The highest BCUT2D eigenvalue weighted by molar-refractivity contribution is 5.96. The summed E-state index contributed by atoms with van der Waals surface area (Å²) in [6.45, 7) is 2.73. The molecular weight excluding hydrogens is 394 g/mol. The van der Waals surface area contributed by atoms with Crippen molar-refractivity contribution in [2.24, 2.45) is 23.2 Å². The summed E-state index contributed by atoms with van der Waals surface area (Å²) >= 11 is 0. The van der Waals surface area contributed by atoms with Crippen LogP contribution >= 0.6 is 0 Å². The SMILES string of the molecule is CCCn1nnnc1COC(=O)c1ccc(NC(=O)C23CC4CC(CC(C4)C2)C3)cc1. The van der Waals surface area contributed by atoms with E-state index >= 15 is 0 Å².